The highest BCUT2D eigenvalue weighted by Gasteiger charge is 2.20. The highest BCUT2D eigenvalue weighted by molar-refractivity contribution is 5.91. The molecular weight excluding hydrogens is 418 g/mol. The molecule has 0 saturated carbocycles. The quantitative estimate of drug-likeness (QED) is 0.660. The third-order valence-electron chi connectivity index (χ3n) is 6.28. The van der Waals surface area contributed by atoms with Gasteiger partial charge in [-0.3, -0.25) is 0 Å². The van der Waals surface area contributed by atoms with E-state index in [9.17, 15) is 4.79 Å². The Morgan fingerprint density at radius 1 is 1.06 bits per heavy atom. The van der Waals surface area contributed by atoms with Crippen molar-refractivity contribution in [1.82, 2.24) is 24.6 Å². The van der Waals surface area contributed by atoms with E-state index in [-0.39, 0.29) is 6.03 Å². The molecule has 33 heavy (non-hydrogen) atoms. The molecule has 2 aliphatic rings. The van der Waals surface area contributed by atoms with Gasteiger partial charge in [0.1, 0.15) is 17.8 Å². The van der Waals surface area contributed by atoms with Crippen molar-refractivity contribution < 1.29 is 9.53 Å². The van der Waals surface area contributed by atoms with E-state index < -0.39 is 0 Å². The Balaban J connectivity index is 1.53. The van der Waals surface area contributed by atoms with Gasteiger partial charge in [-0.05, 0) is 60.7 Å². The summed E-state index contributed by atoms with van der Waals surface area (Å²) in [6.07, 6.45) is 3.81. The summed E-state index contributed by atoms with van der Waals surface area (Å²) in [5.41, 5.74) is 4.75. The Labute approximate surface area is 193 Å². The summed E-state index contributed by atoms with van der Waals surface area (Å²) in [6, 6.07) is 10.2. The van der Waals surface area contributed by atoms with E-state index in [0.29, 0.717) is 19.0 Å². The van der Waals surface area contributed by atoms with Crippen LogP contribution in [0.15, 0.2) is 36.7 Å². The zero-order valence-corrected chi connectivity index (χ0v) is 19.1. The fraction of sp³-hybridized carbons (Fsp3) is 0.417. The van der Waals surface area contributed by atoms with Gasteiger partial charge in [0.15, 0.2) is 5.82 Å². The molecule has 0 aliphatic carbocycles. The number of carbonyl (C=O) groups is 1. The molecule has 3 aromatic rings. The van der Waals surface area contributed by atoms with Gasteiger partial charge in [0, 0.05) is 38.9 Å². The van der Waals surface area contributed by atoms with Gasteiger partial charge in [-0.25, -0.2) is 9.78 Å². The minimum Gasteiger partial charge on any atom is -0.378 e. The maximum absolute atomic E-state index is 12.6. The number of carbonyl (C=O) groups excluding carboxylic acids is 1. The second-order valence-corrected chi connectivity index (χ2v) is 8.62. The maximum atomic E-state index is 12.6. The smallest absolute Gasteiger partial charge is 0.321 e. The average molecular weight is 448 g/mol. The molecule has 4 heterocycles. The molecule has 0 spiro atoms. The van der Waals surface area contributed by atoms with Crippen molar-refractivity contribution in [3.63, 3.8) is 0 Å². The van der Waals surface area contributed by atoms with E-state index in [4.69, 9.17) is 9.72 Å². The number of hydrogen-bond donors (Lipinski definition) is 1. The Morgan fingerprint density at radius 2 is 1.85 bits per heavy atom. The normalized spacial score (nSPS) is 16.3. The van der Waals surface area contributed by atoms with Gasteiger partial charge in [0.2, 0.25) is 0 Å². The molecule has 2 aromatic heterocycles. The zero-order valence-electron chi connectivity index (χ0n) is 19.1. The molecule has 1 aromatic carbocycles. The molecule has 0 unspecified atom stereocenters. The van der Waals surface area contributed by atoms with Crippen LogP contribution in [0.5, 0.6) is 0 Å². The van der Waals surface area contributed by atoms with E-state index in [1.807, 2.05) is 40.8 Å². The first kappa shape index (κ1) is 21.4. The molecule has 2 aliphatic heterocycles. The Kier molecular flexibility index (Phi) is 5.95. The van der Waals surface area contributed by atoms with Crippen LogP contribution in [0.1, 0.15) is 18.4 Å². The van der Waals surface area contributed by atoms with Crippen molar-refractivity contribution in [3.8, 4) is 22.6 Å². The number of anilines is 2. The number of morpholine rings is 1. The van der Waals surface area contributed by atoms with E-state index in [0.717, 1.165) is 72.9 Å². The van der Waals surface area contributed by atoms with Gasteiger partial charge in [0.05, 0.1) is 13.2 Å². The van der Waals surface area contributed by atoms with Gasteiger partial charge in [-0.2, -0.15) is 0 Å². The van der Waals surface area contributed by atoms with Gasteiger partial charge >= 0.3 is 6.03 Å². The molecule has 2 saturated heterocycles. The number of nitrogens with one attached hydrogen (secondary N) is 1. The molecule has 2 amide bonds. The summed E-state index contributed by atoms with van der Waals surface area (Å²) in [5, 5.41) is 11.4. The van der Waals surface area contributed by atoms with Crippen molar-refractivity contribution in [2.45, 2.75) is 19.8 Å². The average Bonchev–Trinajstić information content (AvgIpc) is 3.53. The Hall–Kier alpha value is -3.46. The van der Waals surface area contributed by atoms with Crippen LogP contribution in [-0.4, -0.2) is 70.1 Å². The summed E-state index contributed by atoms with van der Waals surface area (Å²) in [4.78, 5) is 21.6. The van der Waals surface area contributed by atoms with Crippen molar-refractivity contribution in [3.05, 3.63) is 42.2 Å². The first-order chi connectivity index (χ1) is 16.1. The van der Waals surface area contributed by atoms with E-state index in [1.54, 1.807) is 6.33 Å². The maximum Gasteiger partial charge on any atom is 0.321 e. The van der Waals surface area contributed by atoms with E-state index in [2.05, 4.69) is 33.4 Å². The number of likely N-dealkylation sites (tertiary alicyclic amines) is 1. The highest BCUT2D eigenvalue weighted by atomic mass is 16.5. The fourth-order valence-corrected chi connectivity index (χ4v) is 4.39. The number of aromatic nitrogens is 4. The molecule has 2 fully saturated rings. The number of benzene rings is 1. The largest absolute Gasteiger partial charge is 0.378 e. The first-order valence-corrected chi connectivity index (χ1v) is 11.4. The number of ether oxygens (including phenoxy) is 1. The standard InChI is InChI=1S/C24H29N7O2/c1-17-5-6-19(26-24(32)31-7-3-4-8-31)15-20(17)18-13-21(23-28-25-16-29(23)2)27-22(14-18)30-9-11-33-12-10-30/h5-6,13-16H,3-4,7-12H2,1-2H3,(H,26,32). The van der Waals surface area contributed by atoms with Crippen LogP contribution in [-0.2, 0) is 11.8 Å². The van der Waals surface area contributed by atoms with Gasteiger partial charge in [0.25, 0.3) is 0 Å². The molecule has 0 radical (unpaired) electrons. The van der Waals surface area contributed by atoms with E-state index >= 15 is 0 Å². The summed E-state index contributed by atoms with van der Waals surface area (Å²) in [5.74, 6) is 1.60. The summed E-state index contributed by atoms with van der Waals surface area (Å²) < 4.78 is 7.40. The van der Waals surface area contributed by atoms with Gasteiger partial charge < -0.3 is 24.4 Å². The minimum absolute atomic E-state index is 0.0363. The molecule has 172 valence electrons. The summed E-state index contributed by atoms with van der Waals surface area (Å²) >= 11 is 0. The van der Waals surface area contributed by atoms with Crippen LogP contribution in [0.3, 0.4) is 0 Å². The number of hydrogen-bond acceptors (Lipinski definition) is 6. The Bertz CT molecular complexity index is 1150. The number of nitrogens with zero attached hydrogens (tertiary/aromatic N) is 6. The molecular formula is C24H29N7O2. The molecule has 9 heteroatoms. The molecule has 5 rings (SSSR count). The van der Waals surface area contributed by atoms with Crippen molar-refractivity contribution in [1.29, 1.82) is 0 Å². The third-order valence-corrected chi connectivity index (χ3v) is 6.28. The number of rotatable bonds is 4. The molecule has 0 atom stereocenters. The third kappa shape index (κ3) is 4.54. The lowest BCUT2D eigenvalue weighted by Crippen LogP contribution is -2.36. The number of urea groups is 1. The fourth-order valence-electron chi connectivity index (χ4n) is 4.39. The van der Waals surface area contributed by atoms with Crippen LogP contribution in [0.4, 0.5) is 16.3 Å². The van der Waals surface area contributed by atoms with Gasteiger partial charge in [-0.15, -0.1) is 10.2 Å². The first-order valence-electron chi connectivity index (χ1n) is 11.4. The second-order valence-electron chi connectivity index (χ2n) is 8.62. The number of aryl methyl sites for hydroxylation is 2. The molecule has 0 bridgehead atoms. The van der Waals surface area contributed by atoms with Crippen molar-refractivity contribution >= 4 is 17.5 Å². The SMILES string of the molecule is Cc1ccc(NC(=O)N2CCCC2)cc1-c1cc(-c2nncn2C)nc(N2CCOCC2)c1. The van der Waals surface area contributed by atoms with Crippen LogP contribution < -0.4 is 10.2 Å². The van der Waals surface area contributed by atoms with Crippen LogP contribution in [0.2, 0.25) is 0 Å². The van der Waals surface area contributed by atoms with Crippen molar-refractivity contribution in [2.24, 2.45) is 7.05 Å². The van der Waals surface area contributed by atoms with Crippen LogP contribution >= 0.6 is 0 Å². The van der Waals surface area contributed by atoms with Crippen molar-refractivity contribution in [2.75, 3.05) is 49.6 Å². The lowest BCUT2D eigenvalue weighted by atomic mass is 9.99. The summed E-state index contributed by atoms with van der Waals surface area (Å²) in [6.45, 7) is 6.67. The van der Waals surface area contributed by atoms with E-state index in [1.165, 1.54) is 0 Å². The number of amides is 2. The summed E-state index contributed by atoms with van der Waals surface area (Å²) in [7, 11) is 1.91. The zero-order chi connectivity index (χ0) is 22.8. The molecule has 1 N–H and O–H groups in total. The number of pyridine rings is 1. The predicted octanol–water partition coefficient (Wildman–Crippen LogP) is 3.32. The monoisotopic (exact) mass is 447 g/mol. The van der Waals surface area contributed by atoms with Crippen LogP contribution in [0.25, 0.3) is 22.6 Å². The Morgan fingerprint density at radius 3 is 2.58 bits per heavy atom. The minimum atomic E-state index is -0.0363. The molecule has 9 nitrogen and oxygen atoms in total. The lowest BCUT2D eigenvalue weighted by molar-refractivity contribution is 0.122. The van der Waals surface area contributed by atoms with Crippen LogP contribution in [0, 0.1) is 6.92 Å². The lowest BCUT2D eigenvalue weighted by Gasteiger charge is -2.28. The second kappa shape index (κ2) is 9.19. The highest BCUT2D eigenvalue weighted by Crippen LogP contribution is 2.32. The predicted molar refractivity (Wildman–Crippen MR) is 127 cm³/mol. The topological polar surface area (TPSA) is 88.4 Å². The van der Waals surface area contributed by atoms with Gasteiger partial charge in [-0.1, -0.05) is 6.07 Å².